The summed E-state index contributed by atoms with van der Waals surface area (Å²) < 4.78 is 0. The minimum Gasteiger partial charge on any atom is -0.322 e. The van der Waals surface area contributed by atoms with Crippen LogP contribution in [0.2, 0.25) is 0 Å². The van der Waals surface area contributed by atoms with Gasteiger partial charge in [-0.1, -0.05) is 6.07 Å². The van der Waals surface area contributed by atoms with Crippen LogP contribution in [0.3, 0.4) is 0 Å². The van der Waals surface area contributed by atoms with E-state index in [9.17, 15) is 0 Å². The summed E-state index contributed by atoms with van der Waals surface area (Å²) in [6.07, 6.45) is 5.42. The van der Waals surface area contributed by atoms with Gasteiger partial charge in [0.05, 0.1) is 11.7 Å². The highest BCUT2D eigenvalue weighted by Gasteiger charge is 2.46. The molecule has 1 aromatic heterocycles. The normalized spacial score (nSPS) is 28.2. The minimum absolute atomic E-state index is 0.150. The van der Waals surface area contributed by atoms with Crippen molar-refractivity contribution in [2.24, 2.45) is 11.1 Å². The fraction of sp³-hybridized carbons (Fsp3) is 0.615. The molecule has 0 amide bonds. The molecular weight excluding hydrogens is 198 g/mol. The molecule has 0 aromatic carbocycles. The smallest absolute Gasteiger partial charge is 0.0608 e. The van der Waals surface area contributed by atoms with Crippen molar-refractivity contribution in [3.8, 4) is 0 Å². The monoisotopic (exact) mass is 217 g/mol. The highest BCUT2D eigenvalue weighted by Crippen LogP contribution is 2.49. The van der Waals surface area contributed by atoms with Gasteiger partial charge in [0.2, 0.25) is 0 Å². The Hall–Kier alpha value is -0.930. The zero-order chi connectivity index (χ0) is 11.2. The number of piperidine rings is 1. The lowest BCUT2D eigenvalue weighted by molar-refractivity contribution is 0.105. The Morgan fingerprint density at radius 1 is 1.44 bits per heavy atom. The number of nitrogens with zero attached hydrogens (tertiary/aromatic N) is 2. The minimum atomic E-state index is 0.150. The summed E-state index contributed by atoms with van der Waals surface area (Å²) in [4.78, 5) is 6.87. The van der Waals surface area contributed by atoms with E-state index in [1.54, 1.807) is 0 Å². The maximum atomic E-state index is 6.42. The third kappa shape index (κ3) is 1.39. The molecule has 1 aromatic rings. The molecule has 1 aliphatic carbocycles. The molecular formula is C13H19N3. The van der Waals surface area contributed by atoms with Crippen molar-refractivity contribution >= 4 is 0 Å². The van der Waals surface area contributed by atoms with Crippen LogP contribution in [0.4, 0.5) is 0 Å². The Bertz CT molecular complexity index is 394. The molecule has 1 unspecified atom stereocenters. The average molecular weight is 217 g/mol. The number of rotatable bonds is 0. The number of nitrogens with two attached hydrogens (primary N) is 1. The maximum absolute atomic E-state index is 6.42. The molecule has 2 heterocycles. The lowest BCUT2D eigenvalue weighted by atomic mass is 9.73. The second-order valence-electron chi connectivity index (χ2n) is 5.37. The van der Waals surface area contributed by atoms with E-state index < -0.39 is 0 Å². The van der Waals surface area contributed by atoms with Crippen LogP contribution in [0, 0.1) is 5.41 Å². The second kappa shape index (κ2) is 3.54. The first-order valence-corrected chi connectivity index (χ1v) is 6.09. The van der Waals surface area contributed by atoms with E-state index in [0.29, 0.717) is 5.41 Å². The first kappa shape index (κ1) is 10.2. The molecule has 16 heavy (non-hydrogen) atoms. The van der Waals surface area contributed by atoms with Gasteiger partial charge in [0.15, 0.2) is 0 Å². The number of pyridine rings is 1. The fourth-order valence-corrected chi connectivity index (χ4v) is 3.21. The van der Waals surface area contributed by atoms with Gasteiger partial charge in [-0.05, 0) is 56.4 Å². The van der Waals surface area contributed by atoms with Crippen LogP contribution in [0.15, 0.2) is 18.3 Å². The molecule has 0 radical (unpaired) electrons. The molecule has 0 saturated carbocycles. The van der Waals surface area contributed by atoms with Gasteiger partial charge in [0, 0.05) is 6.20 Å². The van der Waals surface area contributed by atoms with Gasteiger partial charge in [0.25, 0.3) is 0 Å². The molecule has 1 fully saturated rings. The summed E-state index contributed by atoms with van der Waals surface area (Å²) >= 11 is 0. The molecule has 2 aliphatic rings. The van der Waals surface area contributed by atoms with Gasteiger partial charge < -0.3 is 10.6 Å². The standard InChI is InChI=1S/C13H19N3/c1-16-7-4-13(5-8-16)9-10-3-2-6-15-11(10)12(13)14/h2-3,6,12H,4-5,7-9,14H2,1H3. The van der Waals surface area contributed by atoms with E-state index in [1.807, 2.05) is 12.3 Å². The van der Waals surface area contributed by atoms with E-state index in [2.05, 4.69) is 23.0 Å². The zero-order valence-electron chi connectivity index (χ0n) is 9.82. The molecule has 2 N–H and O–H groups in total. The molecule has 3 heteroatoms. The summed E-state index contributed by atoms with van der Waals surface area (Å²) in [5.74, 6) is 0. The highest BCUT2D eigenvalue weighted by atomic mass is 15.1. The molecule has 0 bridgehead atoms. The van der Waals surface area contributed by atoms with Gasteiger partial charge in [-0.2, -0.15) is 0 Å². The SMILES string of the molecule is CN1CCC2(CC1)Cc1cccnc1C2N. The lowest BCUT2D eigenvalue weighted by Gasteiger charge is -2.40. The van der Waals surface area contributed by atoms with Crippen LogP contribution in [-0.4, -0.2) is 30.0 Å². The first-order valence-electron chi connectivity index (χ1n) is 6.09. The Balaban J connectivity index is 1.91. The van der Waals surface area contributed by atoms with Crippen LogP contribution < -0.4 is 5.73 Å². The molecule has 3 rings (SSSR count). The summed E-state index contributed by atoms with van der Waals surface area (Å²) in [5, 5.41) is 0. The predicted molar refractivity (Wildman–Crippen MR) is 64.0 cm³/mol. The van der Waals surface area contributed by atoms with Crippen LogP contribution in [0.5, 0.6) is 0 Å². The number of fused-ring (bicyclic) bond motifs is 1. The molecule has 86 valence electrons. The number of likely N-dealkylation sites (tertiary alicyclic amines) is 1. The van der Waals surface area contributed by atoms with E-state index >= 15 is 0 Å². The van der Waals surface area contributed by atoms with Crippen molar-refractivity contribution in [3.05, 3.63) is 29.6 Å². The van der Waals surface area contributed by atoms with Crippen molar-refractivity contribution in [2.75, 3.05) is 20.1 Å². The predicted octanol–water partition coefficient (Wildman–Crippen LogP) is 1.35. The summed E-state index contributed by atoms with van der Waals surface area (Å²) in [5.41, 5.74) is 9.24. The van der Waals surface area contributed by atoms with Crippen molar-refractivity contribution in [3.63, 3.8) is 0 Å². The van der Waals surface area contributed by atoms with Crippen molar-refractivity contribution in [1.29, 1.82) is 0 Å². The van der Waals surface area contributed by atoms with E-state index in [4.69, 9.17) is 5.73 Å². The van der Waals surface area contributed by atoms with Crippen LogP contribution in [0.25, 0.3) is 0 Å². The molecule has 3 nitrogen and oxygen atoms in total. The second-order valence-corrected chi connectivity index (χ2v) is 5.37. The Kier molecular flexibility index (Phi) is 2.26. The number of hydrogen-bond acceptors (Lipinski definition) is 3. The average Bonchev–Trinajstić information content (AvgIpc) is 2.58. The summed E-state index contributed by atoms with van der Waals surface area (Å²) in [7, 11) is 2.19. The number of aromatic nitrogens is 1. The van der Waals surface area contributed by atoms with Gasteiger partial charge in [0.1, 0.15) is 0 Å². The van der Waals surface area contributed by atoms with Gasteiger partial charge in [-0.15, -0.1) is 0 Å². The van der Waals surface area contributed by atoms with Crippen LogP contribution in [0.1, 0.15) is 30.1 Å². The van der Waals surface area contributed by atoms with Gasteiger partial charge >= 0.3 is 0 Å². The summed E-state index contributed by atoms with van der Waals surface area (Å²) in [6.45, 7) is 2.34. The maximum Gasteiger partial charge on any atom is 0.0608 e. The Labute approximate surface area is 96.7 Å². The van der Waals surface area contributed by atoms with E-state index in [0.717, 1.165) is 12.1 Å². The molecule has 1 spiro atoms. The number of hydrogen-bond donors (Lipinski definition) is 1. The van der Waals surface area contributed by atoms with Crippen molar-refractivity contribution in [2.45, 2.75) is 25.3 Å². The van der Waals surface area contributed by atoms with Gasteiger partial charge in [-0.3, -0.25) is 4.98 Å². The molecule has 1 aliphatic heterocycles. The van der Waals surface area contributed by atoms with Gasteiger partial charge in [-0.25, -0.2) is 0 Å². The lowest BCUT2D eigenvalue weighted by Crippen LogP contribution is -2.42. The van der Waals surface area contributed by atoms with Crippen molar-refractivity contribution < 1.29 is 0 Å². The Morgan fingerprint density at radius 2 is 2.19 bits per heavy atom. The topological polar surface area (TPSA) is 42.2 Å². The summed E-state index contributed by atoms with van der Waals surface area (Å²) in [6, 6.07) is 4.37. The fourth-order valence-electron chi connectivity index (χ4n) is 3.21. The zero-order valence-corrected chi connectivity index (χ0v) is 9.82. The Morgan fingerprint density at radius 3 is 2.88 bits per heavy atom. The largest absolute Gasteiger partial charge is 0.322 e. The third-order valence-electron chi connectivity index (χ3n) is 4.41. The van der Waals surface area contributed by atoms with Crippen molar-refractivity contribution in [1.82, 2.24) is 9.88 Å². The highest BCUT2D eigenvalue weighted by molar-refractivity contribution is 5.32. The molecule has 1 atom stereocenters. The third-order valence-corrected chi connectivity index (χ3v) is 4.41. The quantitative estimate of drug-likeness (QED) is 0.713. The van der Waals surface area contributed by atoms with Crippen LogP contribution in [-0.2, 0) is 6.42 Å². The molecule has 1 saturated heterocycles. The van der Waals surface area contributed by atoms with E-state index in [-0.39, 0.29) is 6.04 Å². The first-order chi connectivity index (χ1) is 7.71. The van der Waals surface area contributed by atoms with E-state index in [1.165, 1.54) is 31.5 Å². The van der Waals surface area contributed by atoms with Crippen LogP contribution >= 0.6 is 0 Å².